The van der Waals surface area contributed by atoms with Crippen LogP contribution < -0.4 is 0 Å². The van der Waals surface area contributed by atoms with E-state index >= 15 is 0 Å². The highest BCUT2D eigenvalue weighted by Gasteiger charge is 2.77. The second-order valence-electron chi connectivity index (χ2n) is 12.1. The van der Waals surface area contributed by atoms with Gasteiger partial charge in [0.1, 0.15) is 0 Å². The molecule has 0 aromatic carbocycles. The second kappa shape index (κ2) is 6.23. The average molecular weight is 373 g/mol. The minimum absolute atomic E-state index is 0.565. The first-order valence-corrected chi connectivity index (χ1v) is 12.4. The first-order valence-electron chi connectivity index (χ1n) is 12.4. The van der Waals surface area contributed by atoms with Crippen molar-refractivity contribution in [1.29, 1.82) is 0 Å². The van der Waals surface area contributed by atoms with Crippen molar-refractivity contribution in [3.63, 3.8) is 0 Å². The van der Waals surface area contributed by atoms with E-state index in [0.29, 0.717) is 22.3 Å². The molecule has 0 aromatic heterocycles. The minimum atomic E-state index is 0.565. The van der Waals surface area contributed by atoms with Gasteiger partial charge in [-0.25, -0.2) is 0 Å². The van der Waals surface area contributed by atoms with Crippen LogP contribution >= 0.6 is 0 Å². The van der Waals surface area contributed by atoms with Gasteiger partial charge in [0.05, 0.1) is 6.10 Å². The topological polar surface area (TPSA) is 9.23 Å². The predicted octanol–water partition coefficient (Wildman–Crippen LogP) is 7.10. The summed E-state index contributed by atoms with van der Waals surface area (Å²) in [6.07, 6.45) is 16.8. The van der Waals surface area contributed by atoms with Crippen LogP contribution in [0.1, 0.15) is 98.3 Å². The summed E-state index contributed by atoms with van der Waals surface area (Å²) in [5.74, 6) is 5.85. The van der Waals surface area contributed by atoms with Crippen molar-refractivity contribution in [3.8, 4) is 0 Å². The van der Waals surface area contributed by atoms with Crippen molar-refractivity contribution in [3.05, 3.63) is 0 Å². The molecule has 154 valence electrons. The highest BCUT2D eigenvalue weighted by atomic mass is 16.5. The van der Waals surface area contributed by atoms with Gasteiger partial charge in [0.25, 0.3) is 0 Å². The van der Waals surface area contributed by atoms with Gasteiger partial charge in [-0.05, 0) is 97.7 Å². The Hall–Kier alpha value is -0.0400. The zero-order chi connectivity index (χ0) is 19.0. The van der Waals surface area contributed by atoms with Crippen molar-refractivity contribution in [2.75, 3.05) is 7.11 Å². The van der Waals surface area contributed by atoms with Crippen LogP contribution in [0.4, 0.5) is 0 Å². The number of fused-ring (bicyclic) bond motifs is 4. The number of methoxy groups -OCH3 is 1. The number of ether oxygens (including phenoxy) is 1. The maximum absolute atomic E-state index is 6.27. The van der Waals surface area contributed by atoms with E-state index in [1.807, 2.05) is 7.11 Å². The normalized spacial score (nSPS) is 56.8. The smallest absolute Gasteiger partial charge is 0.0638 e. The Labute approximate surface area is 168 Å². The molecular weight excluding hydrogens is 328 g/mol. The Kier molecular flexibility index (Phi) is 4.37. The number of rotatable bonds is 5. The molecule has 5 aliphatic rings. The van der Waals surface area contributed by atoms with Gasteiger partial charge in [-0.1, -0.05) is 47.0 Å². The quantitative estimate of drug-likeness (QED) is 0.500. The highest BCUT2D eigenvalue weighted by molar-refractivity contribution is 5.26. The zero-order valence-corrected chi connectivity index (χ0v) is 18.7. The van der Waals surface area contributed by atoms with Crippen LogP contribution in [0.15, 0.2) is 0 Å². The Bertz CT molecular complexity index is 585. The fourth-order valence-corrected chi connectivity index (χ4v) is 10.3. The highest BCUT2D eigenvalue weighted by Crippen LogP contribution is 2.82. The van der Waals surface area contributed by atoms with Gasteiger partial charge in [0, 0.05) is 12.5 Å². The van der Waals surface area contributed by atoms with Gasteiger partial charge in [0.15, 0.2) is 0 Å². The van der Waals surface area contributed by atoms with Crippen LogP contribution in [0.2, 0.25) is 0 Å². The largest absolute Gasteiger partial charge is 0.381 e. The van der Waals surface area contributed by atoms with E-state index in [0.717, 1.165) is 35.5 Å². The fourth-order valence-electron chi connectivity index (χ4n) is 10.3. The van der Waals surface area contributed by atoms with Gasteiger partial charge < -0.3 is 4.74 Å². The van der Waals surface area contributed by atoms with Gasteiger partial charge in [-0.15, -0.1) is 0 Å². The standard InChI is InChI=1S/C26H44O/c1-6-7-8-17(2)20-9-10-21-19-15-23(27-5)26-16-18(26)11-14-25(26,4)22(19)12-13-24(20,21)3/h17-23H,6-16H2,1-5H3. The van der Waals surface area contributed by atoms with Gasteiger partial charge in [-0.2, -0.15) is 0 Å². The van der Waals surface area contributed by atoms with E-state index in [2.05, 4.69) is 27.7 Å². The van der Waals surface area contributed by atoms with Crippen LogP contribution in [0.3, 0.4) is 0 Å². The number of hydrogen-bond donors (Lipinski definition) is 0. The van der Waals surface area contributed by atoms with Gasteiger partial charge in [-0.3, -0.25) is 0 Å². The maximum Gasteiger partial charge on any atom is 0.0638 e. The van der Waals surface area contributed by atoms with E-state index in [-0.39, 0.29) is 0 Å². The van der Waals surface area contributed by atoms with Crippen LogP contribution in [0, 0.1) is 51.8 Å². The molecule has 0 bridgehead atoms. The fraction of sp³-hybridized carbons (Fsp3) is 1.00. The van der Waals surface area contributed by atoms with Gasteiger partial charge >= 0.3 is 0 Å². The van der Waals surface area contributed by atoms with Crippen LogP contribution in [0.5, 0.6) is 0 Å². The Morgan fingerprint density at radius 1 is 1.04 bits per heavy atom. The summed E-state index contributed by atoms with van der Waals surface area (Å²) in [6, 6.07) is 0. The SMILES string of the molecule is CCCCC(C)C1CCC2C3CC(OC)C45CC4CCC5(C)C3CCC12C. The summed E-state index contributed by atoms with van der Waals surface area (Å²) in [5, 5.41) is 0. The third-order valence-corrected chi connectivity index (χ3v) is 11.6. The van der Waals surface area contributed by atoms with E-state index < -0.39 is 0 Å². The number of unbranched alkanes of at least 4 members (excludes halogenated alkanes) is 1. The van der Waals surface area contributed by atoms with Crippen LogP contribution in [-0.2, 0) is 4.74 Å². The minimum Gasteiger partial charge on any atom is -0.381 e. The molecule has 1 spiro atoms. The molecular formula is C26H44O. The number of hydrogen-bond acceptors (Lipinski definition) is 1. The molecule has 27 heavy (non-hydrogen) atoms. The van der Waals surface area contributed by atoms with Gasteiger partial charge in [0.2, 0.25) is 0 Å². The molecule has 1 heteroatoms. The lowest BCUT2D eigenvalue weighted by Crippen LogP contribution is -2.57. The summed E-state index contributed by atoms with van der Waals surface area (Å²) in [4.78, 5) is 0. The summed E-state index contributed by atoms with van der Waals surface area (Å²) >= 11 is 0. The first kappa shape index (κ1) is 19.0. The summed E-state index contributed by atoms with van der Waals surface area (Å²) in [7, 11) is 2.03. The second-order valence-corrected chi connectivity index (χ2v) is 12.1. The molecule has 10 unspecified atom stereocenters. The zero-order valence-electron chi connectivity index (χ0n) is 18.7. The van der Waals surface area contributed by atoms with E-state index in [1.54, 1.807) is 0 Å². The lowest BCUT2D eigenvalue weighted by molar-refractivity contribution is -0.161. The van der Waals surface area contributed by atoms with E-state index in [1.165, 1.54) is 70.6 Å². The molecule has 0 aliphatic heterocycles. The molecule has 10 atom stereocenters. The summed E-state index contributed by atoms with van der Waals surface area (Å²) in [6.45, 7) is 10.4. The van der Waals surface area contributed by atoms with Crippen LogP contribution in [0.25, 0.3) is 0 Å². The molecule has 5 rings (SSSR count). The molecule has 0 heterocycles. The van der Waals surface area contributed by atoms with E-state index in [4.69, 9.17) is 4.74 Å². The maximum atomic E-state index is 6.27. The molecule has 0 saturated heterocycles. The molecule has 0 amide bonds. The lowest BCUT2D eigenvalue weighted by atomic mass is 9.45. The van der Waals surface area contributed by atoms with Crippen molar-refractivity contribution in [2.45, 2.75) is 104 Å². The third-order valence-electron chi connectivity index (χ3n) is 11.6. The molecule has 5 fully saturated rings. The van der Waals surface area contributed by atoms with Crippen molar-refractivity contribution in [2.24, 2.45) is 51.8 Å². The van der Waals surface area contributed by atoms with E-state index in [9.17, 15) is 0 Å². The Balaban J connectivity index is 1.42. The molecule has 0 radical (unpaired) electrons. The molecule has 0 N–H and O–H groups in total. The predicted molar refractivity (Wildman–Crippen MR) is 113 cm³/mol. The molecule has 5 aliphatic carbocycles. The lowest BCUT2D eigenvalue weighted by Gasteiger charge is -2.61. The molecule has 1 nitrogen and oxygen atoms in total. The molecule has 5 saturated carbocycles. The average Bonchev–Trinajstić information content (AvgIpc) is 3.16. The van der Waals surface area contributed by atoms with Crippen molar-refractivity contribution >= 4 is 0 Å². The summed E-state index contributed by atoms with van der Waals surface area (Å²) < 4.78 is 6.27. The van der Waals surface area contributed by atoms with Crippen molar-refractivity contribution < 1.29 is 4.74 Å². The first-order chi connectivity index (χ1) is 12.9. The Morgan fingerprint density at radius 2 is 1.85 bits per heavy atom. The van der Waals surface area contributed by atoms with Crippen molar-refractivity contribution in [1.82, 2.24) is 0 Å². The third kappa shape index (κ3) is 2.27. The Morgan fingerprint density at radius 3 is 2.56 bits per heavy atom. The summed E-state index contributed by atoms with van der Waals surface area (Å²) in [5.41, 5.74) is 1.80. The molecule has 0 aromatic rings. The van der Waals surface area contributed by atoms with Crippen LogP contribution in [-0.4, -0.2) is 13.2 Å². The monoisotopic (exact) mass is 372 g/mol.